The Hall–Kier alpha value is -3.82. The number of aromatic amines is 1. The molecule has 2 amide bonds. The third-order valence-electron chi connectivity index (χ3n) is 7.14. The minimum Gasteiger partial charge on any atom is -0.493 e. The Morgan fingerprint density at radius 2 is 1.69 bits per heavy atom. The smallest absolute Gasteiger partial charge is 0.305 e. The predicted molar refractivity (Wildman–Crippen MR) is 152 cm³/mol. The van der Waals surface area contributed by atoms with Gasteiger partial charge in [-0.25, -0.2) is 4.90 Å². The van der Waals surface area contributed by atoms with E-state index >= 15 is 0 Å². The summed E-state index contributed by atoms with van der Waals surface area (Å²) < 4.78 is 11.8. The van der Waals surface area contributed by atoms with E-state index in [1.54, 1.807) is 19.2 Å². The summed E-state index contributed by atoms with van der Waals surface area (Å²) in [6.07, 6.45) is 0. The number of fused-ring (bicyclic) bond motifs is 2. The number of amides is 2. The molecule has 1 saturated heterocycles. The zero-order valence-electron chi connectivity index (χ0n) is 21.6. The minimum atomic E-state index is -0.661. The second-order valence-corrected chi connectivity index (χ2v) is 12.0. The van der Waals surface area contributed by atoms with Gasteiger partial charge in [0.2, 0.25) is 11.8 Å². The Balaban J connectivity index is 1.37. The molecule has 0 radical (unpaired) electrons. The minimum absolute atomic E-state index is 0.210. The van der Waals surface area contributed by atoms with Crippen molar-refractivity contribution in [3.8, 4) is 11.5 Å². The SMILES string of the molecule is COc1cc([C@H]2c3sc(=O)[nH]c3SC3C(=O)N(c4ccc(C)cc4)C(=O)C32)ccc1OCc1cccc(C)c1. The highest BCUT2D eigenvalue weighted by Crippen LogP contribution is 2.53. The lowest BCUT2D eigenvalue weighted by Crippen LogP contribution is -2.32. The number of methoxy groups -OCH3 is 1. The number of hydrogen-bond donors (Lipinski definition) is 1. The summed E-state index contributed by atoms with van der Waals surface area (Å²) >= 11 is 2.35. The monoisotopic (exact) mass is 558 g/mol. The van der Waals surface area contributed by atoms with Crippen LogP contribution in [-0.4, -0.2) is 29.2 Å². The maximum absolute atomic E-state index is 13.9. The molecule has 39 heavy (non-hydrogen) atoms. The predicted octanol–water partition coefficient (Wildman–Crippen LogP) is 5.44. The van der Waals surface area contributed by atoms with Crippen LogP contribution in [0.3, 0.4) is 0 Å². The molecule has 3 atom stereocenters. The maximum Gasteiger partial charge on any atom is 0.305 e. The number of ether oxygens (including phenoxy) is 2. The number of carbonyl (C=O) groups is 2. The van der Waals surface area contributed by atoms with Crippen molar-refractivity contribution in [2.75, 3.05) is 12.0 Å². The second-order valence-electron chi connectivity index (χ2n) is 9.79. The summed E-state index contributed by atoms with van der Waals surface area (Å²) in [6, 6.07) is 21.0. The van der Waals surface area contributed by atoms with Crippen LogP contribution in [0.15, 0.2) is 76.6 Å². The number of hydrogen-bond acceptors (Lipinski definition) is 7. The summed E-state index contributed by atoms with van der Waals surface area (Å²) in [7, 11) is 1.57. The largest absolute Gasteiger partial charge is 0.493 e. The van der Waals surface area contributed by atoms with Gasteiger partial charge in [0.1, 0.15) is 11.9 Å². The lowest BCUT2D eigenvalue weighted by molar-refractivity contribution is -0.122. The molecule has 1 N–H and O–H groups in total. The molecule has 0 saturated carbocycles. The number of anilines is 1. The lowest BCUT2D eigenvalue weighted by Gasteiger charge is -2.30. The van der Waals surface area contributed by atoms with Gasteiger partial charge in [0.05, 0.1) is 23.7 Å². The Labute approximate surface area is 233 Å². The van der Waals surface area contributed by atoms with Crippen LogP contribution in [0.4, 0.5) is 5.69 Å². The highest BCUT2D eigenvalue weighted by Gasteiger charge is 2.56. The molecule has 2 unspecified atom stereocenters. The fourth-order valence-electron chi connectivity index (χ4n) is 5.28. The molecule has 3 aromatic carbocycles. The first kappa shape index (κ1) is 25.5. The average Bonchev–Trinajstić information content (AvgIpc) is 3.42. The van der Waals surface area contributed by atoms with E-state index in [-0.39, 0.29) is 16.7 Å². The third-order valence-corrected chi connectivity index (χ3v) is 9.54. The Kier molecular flexibility index (Phi) is 6.56. The molecule has 4 aromatic rings. The molecule has 3 heterocycles. The zero-order valence-corrected chi connectivity index (χ0v) is 23.2. The van der Waals surface area contributed by atoms with E-state index in [9.17, 15) is 14.4 Å². The van der Waals surface area contributed by atoms with Crippen LogP contribution < -0.4 is 19.2 Å². The van der Waals surface area contributed by atoms with E-state index in [0.29, 0.717) is 28.8 Å². The fraction of sp³-hybridized carbons (Fsp3) is 0.233. The summed E-state index contributed by atoms with van der Waals surface area (Å²) in [5.41, 5.74) is 4.58. The molecule has 0 bridgehead atoms. The molecule has 9 heteroatoms. The molecule has 0 spiro atoms. The molecule has 7 nitrogen and oxygen atoms in total. The lowest BCUT2D eigenvalue weighted by atomic mass is 9.83. The standard InChI is InChI=1S/C30H26N2O5S2/c1-16-7-10-20(11-8-16)32-28(33)24-23(25-27(31-30(35)39-25)38-26(24)29(32)34)19-9-12-21(22(14-19)36-3)37-15-18-6-4-5-17(2)13-18/h4-14,23-24,26H,15H2,1-3H3,(H,31,35)/t23-,24?,26?/m1/s1. The van der Waals surface area contributed by atoms with Crippen molar-refractivity contribution in [3.63, 3.8) is 0 Å². The first-order valence-corrected chi connectivity index (χ1v) is 14.2. The van der Waals surface area contributed by atoms with Gasteiger partial charge in [-0.1, -0.05) is 76.7 Å². The summed E-state index contributed by atoms with van der Waals surface area (Å²) in [4.78, 5) is 44.6. The molecule has 2 aliphatic heterocycles. The Bertz CT molecular complexity index is 1640. The van der Waals surface area contributed by atoms with Crippen LogP contribution >= 0.6 is 23.1 Å². The topological polar surface area (TPSA) is 88.7 Å². The molecule has 0 aliphatic carbocycles. The Morgan fingerprint density at radius 3 is 2.44 bits per heavy atom. The van der Waals surface area contributed by atoms with Crippen molar-refractivity contribution in [2.45, 2.75) is 36.6 Å². The van der Waals surface area contributed by atoms with Gasteiger partial charge in [0, 0.05) is 10.8 Å². The average molecular weight is 559 g/mol. The number of thioether (sulfide) groups is 1. The number of aromatic nitrogens is 1. The number of imide groups is 1. The van der Waals surface area contributed by atoms with Gasteiger partial charge >= 0.3 is 4.87 Å². The number of nitrogens with one attached hydrogen (secondary N) is 1. The first-order valence-electron chi connectivity index (χ1n) is 12.5. The van der Waals surface area contributed by atoms with Gasteiger partial charge in [0.15, 0.2) is 11.5 Å². The molecule has 1 fully saturated rings. The van der Waals surface area contributed by atoms with E-state index in [1.807, 2.05) is 62.4 Å². The normalized spacial score (nSPS) is 20.1. The molecule has 6 rings (SSSR count). The number of aryl methyl sites for hydroxylation is 2. The van der Waals surface area contributed by atoms with Crippen LogP contribution in [0.5, 0.6) is 11.5 Å². The molecule has 2 aliphatic rings. The van der Waals surface area contributed by atoms with E-state index < -0.39 is 17.1 Å². The highest BCUT2D eigenvalue weighted by atomic mass is 32.2. The quantitative estimate of drug-likeness (QED) is 0.317. The van der Waals surface area contributed by atoms with E-state index in [0.717, 1.165) is 38.5 Å². The van der Waals surface area contributed by atoms with Crippen LogP contribution in [0, 0.1) is 19.8 Å². The molecular formula is C30H26N2O5S2. The van der Waals surface area contributed by atoms with Crippen molar-refractivity contribution in [3.05, 3.63) is 104 Å². The van der Waals surface area contributed by atoms with Gasteiger partial charge in [0.25, 0.3) is 0 Å². The van der Waals surface area contributed by atoms with E-state index in [4.69, 9.17) is 9.47 Å². The van der Waals surface area contributed by atoms with Gasteiger partial charge in [-0.15, -0.1) is 0 Å². The molecule has 198 valence electrons. The van der Waals surface area contributed by atoms with Crippen LogP contribution in [0.25, 0.3) is 0 Å². The van der Waals surface area contributed by atoms with Crippen LogP contribution in [-0.2, 0) is 16.2 Å². The van der Waals surface area contributed by atoms with Crippen LogP contribution in [0.2, 0.25) is 0 Å². The first-order chi connectivity index (χ1) is 18.8. The summed E-state index contributed by atoms with van der Waals surface area (Å²) in [6.45, 7) is 4.37. The molecule has 1 aromatic heterocycles. The van der Waals surface area contributed by atoms with Crippen molar-refractivity contribution in [2.24, 2.45) is 5.92 Å². The van der Waals surface area contributed by atoms with Crippen molar-refractivity contribution >= 4 is 40.6 Å². The van der Waals surface area contributed by atoms with Crippen LogP contribution in [0.1, 0.15) is 33.0 Å². The van der Waals surface area contributed by atoms with Gasteiger partial charge in [-0.3, -0.25) is 14.4 Å². The van der Waals surface area contributed by atoms with Crippen molar-refractivity contribution < 1.29 is 19.1 Å². The van der Waals surface area contributed by atoms with Crippen molar-refractivity contribution in [1.29, 1.82) is 0 Å². The Morgan fingerprint density at radius 1 is 0.897 bits per heavy atom. The third kappa shape index (κ3) is 4.55. The summed E-state index contributed by atoms with van der Waals surface area (Å²) in [5.74, 6) is -0.592. The fourth-order valence-corrected chi connectivity index (χ4v) is 7.80. The number of carbonyl (C=O) groups excluding carboxylic acids is 2. The number of H-pyrrole nitrogens is 1. The summed E-state index contributed by atoms with van der Waals surface area (Å²) in [5, 5.41) is -0.00769. The highest BCUT2D eigenvalue weighted by molar-refractivity contribution is 8.00. The van der Waals surface area contributed by atoms with E-state index in [1.165, 1.54) is 16.7 Å². The van der Waals surface area contributed by atoms with Crippen molar-refractivity contribution in [1.82, 2.24) is 4.98 Å². The molecular weight excluding hydrogens is 532 g/mol. The van der Waals surface area contributed by atoms with Gasteiger partial charge < -0.3 is 14.5 Å². The van der Waals surface area contributed by atoms with Gasteiger partial charge in [-0.05, 0) is 49.2 Å². The second kappa shape index (κ2) is 10.1. The van der Waals surface area contributed by atoms with E-state index in [2.05, 4.69) is 11.1 Å². The number of benzene rings is 3. The maximum atomic E-state index is 13.9. The number of rotatable bonds is 6. The van der Waals surface area contributed by atoms with Gasteiger partial charge in [-0.2, -0.15) is 0 Å². The number of nitrogens with zero attached hydrogens (tertiary/aromatic N) is 1. The number of thiazole rings is 1. The zero-order chi connectivity index (χ0) is 27.3.